The van der Waals surface area contributed by atoms with Crippen molar-refractivity contribution in [2.45, 2.75) is 24.3 Å². The lowest BCUT2D eigenvalue weighted by atomic mass is 10.1. The lowest BCUT2D eigenvalue weighted by molar-refractivity contribution is 0.0491. The van der Waals surface area contributed by atoms with Gasteiger partial charge in [-0.3, -0.25) is 0 Å². The predicted octanol–water partition coefficient (Wildman–Crippen LogP) is 4.11. The fourth-order valence-corrected chi connectivity index (χ4v) is 5.26. The Balaban J connectivity index is 1.79. The number of anilines is 1. The maximum atomic E-state index is 14.4. The zero-order valence-corrected chi connectivity index (χ0v) is 17.1. The van der Waals surface area contributed by atoms with Crippen LogP contribution in [0.3, 0.4) is 0 Å². The highest BCUT2D eigenvalue weighted by Gasteiger charge is 2.42. The third-order valence-corrected chi connectivity index (χ3v) is 7.13. The summed E-state index contributed by atoms with van der Waals surface area (Å²) in [5.74, 6) is -1.02. The van der Waals surface area contributed by atoms with Crippen LogP contribution in [0.1, 0.15) is 11.1 Å². The molecule has 5 nitrogen and oxygen atoms in total. The van der Waals surface area contributed by atoms with Crippen LogP contribution in [-0.2, 0) is 23.1 Å². The fraction of sp³-hybridized carbons (Fsp3) is 0.143. The van der Waals surface area contributed by atoms with Gasteiger partial charge in [0.25, 0.3) is 0 Å². The van der Waals surface area contributed by atoms with Gasteiger partial charge in [-0.1, -0.05) is 41.9 Å². The van der Waals surface area contributed by atoms with Crippen molar-refractivity contribution in [1.29, 1.82) is 0 Å². The predicted molar refractivity (Wildman–Crippen MR) is 109 cm³/mol. The van der Waals surface area contributed by atoms with E-state index >= 15 is 0 Å². The molecule has 1 aliphatic heterocycles. The van der Waals surface area contributed by atoms with Crippen molar-refractivity contribution in [3.8, 4) is 0 Å². The summed E-state index contributed by atoms with van der Waals surface area (Å²) < 4.78 is 54.9. The lowest BCUT2D eigenvalue weighted by Gasteiger charge is -2.42. The summed E-state index contributed by atoms with van der Waals surface area (Å²) in [7, 11) is -4.06. The minimum absolute atomic E-state index is 0.0233. The fourth-order valence-electron chi connectivity index (χ4n) is 3.40. The summed E-state index contributed by atoms with van der Waals surface area (Å²) in [4.78, 5) is 1.34. The number of benzene rings is 3. The van der Waals surface area contributed by atoms with E-state index in [0.29, 0.717) is 5.56 Å². The standard InChI is InChI=1S/C21H17ClF2N2O3S/c22-17-4-3-5-18(24)16(17)13-25-19-6-1-2-7-20(19)30(28,29)26(21(25)27)12-14-8-10-15(23)11-9-14/h1-11,21,27H,12-13H2. The first kappa shape index (κ1) is 20.7. The summed E-state index contributed by atoms with van der Waals surface area (Å²) in [6.07, 6.45) is -1.62. The maximum Gasteiger partial charge on any atom is 0.249 e. The van der Waals surface area contributed by atoms with Crippen molar-refractivity contribution < 1.29 is 22.3 Å². The van der Waals surface area contributed by atoms with E-state index in [4.69, 9.17) is 11.6 Å². The number of hydrogen-bond acceptors (Lipinski definition) is 4. The van der Waals surface area contributed by atoms with Crippen molar-refractivity contribution >= 4 is 27.3 Å². The molecule has 0 bridgehead atoms. The molecule has 156 valence electrons. The highest BCUT2D eigenvalue weighted by Crippen LogP contribution is 2.38. The summed E-state index contributed by atoms with van der Waals surface area (Å²) in [5.41, 5.74) is 0.857. The first-order valence-corrected chi connectivity index (χ1v) is 10.8. The molecule has 1 heterocycles. The molecule has 1 aliphatic rings. The van der Waals surface area contributed by atoms with Crippen LogP contribution in [0.15, 0.2) is 71.6 Å². The molecule has 0 spiro atoms. The Morgan fingerprint density at radius 2 is 1.63 bits per heavy atom. The molecule has 0 aromatic heterocycles. The molecule has 3 aromatic carbocycles. The largest absolute Gasteiger partial charge is 0.360 e. The van der Waals surface area contributed by atoms with Gasteiger partial charge < -0.3 is 10.0 Å². The van der Waals surface area contributed by atoms with Gasteiger partial charge in [0.15, 0.2) is 0 Å². The van der Waals surface area contributed by atoms with Crippen LogP contribution < -0.4 is 4.90 Å². The molecule has 0 radical (unpaired) electrons. The van der Waals surface area contributed by atoms with E-state index in [1.54, 1.807) is 18.2 Å². The second kappa shape index (κ2) is 7.96. The normalized spacial score (nSPS) is 18.3. The highest BCUT2D eigenvalue weighted by atomic mass is 35.5. The van der Waals surface area contributed by atoms with Gasteiger partial charge >= 0.3 is 0 Å². The van der Waals surface area contributed by atoms with Crippen molar-refractivity contribution in [2.75, 3.05) is 4.90 Å². The number of sulfonamides is 1. The number of halogens is 3. The molecule has 30 heavy (non-hydrogen) atoms. The van der Waals surface area contributed by atoms with Crippen LogP contribution in [0.5, 0.6) is 0 Å². The second-order valence-electron chi connectivity index (χ2n) is 6.82. The van der Waals surface area contributed by atoms with Crippen LogP contribution in [0.2, 0.25) is 5.02 Å². The summed E-state index contributed by atoms with van der Waals surface area (Å²) in [6, 6.07) is 15.7. The van der Waals surface area contributed by atoms with Gasteiger partial charge in [-0.05, 0) is 42.0 Å². The number of aliphatic hydroxyl groups is 1. The van der Waals surface area contributed by atoms with Gasteiger partial charge in [-0.25, -0.2) is 17.2 Å². The van der Waals surface area contributed by atoms with Crippen LogP contribution >= 0.6 is 11.6 Å². The molecule has 0 amide bonds. The molecule has 1 atom stereocenters. The van der Waals surface area contributed by atoms with Gasteiger partial charge in [-0.2, -0.15) is 0 Å². The van der Waals surface area contributed by atoms with E-state index in [0.717, 1.165) is 4.31 Å². The number of fused-ring (bicyclic) bond motifs is 1. The first-order chi connectivity index (χ1) is 14.3. The minimum atomic E-state index is -4.06. The van der Waals surface area contributed by atoms with E-state index in [1.807, 2.05) is 0 Å². The Kier molecular flexibility index (Phi) is 5.50. The number of nitrogens with zero attached hydrogens (tertiary/aromatic N) is 2. The molecular weight excluding hydrogens is 434 g/mol. The number of hydrogen-bond donors (Lipinski definition) is 1. The van der Waals surface area contributed by atoms with Crippen molar-refractivity contribution in [3.05, 3.63) is 94.5 Å². The zero-order chi connectivity index (χ0) is 21.5. The molecule has 4 rings (SSSR count). The molecule has 9 heteroatoms. The summed E-state index contributed by atoms with van der Waals surface area (Å²) in [6.45, 7) is -0.348. The molecule has 0 fully saturated rings. The topological polar surface area (TPSA) is 60.9 Å². The van der Waals surface area contributed by atoms with Gasteiger partial charge in [0, 0.05) is 17.1 Å². The van der Waals surface area contributed by atoms with E-state index in [9.17, 15) is 22.3 Å². The number of aliphatic hydroxyl groups excluding tert-OH is 1. The third kappa shape index (κ3) is 3.67. The van der Waals surface area contributed by atoms with Gasteiger partial charge in [0.05, 0.1) is 12.2 Å². The van der Waals surface area contributed by atoms with Gasteiger partial charge in [0.2, 0.25) is 16.4 Å². The quantitative estimate of drug-likeness (QED) is 0.650. The second-order valence-corrected chi connectivity index (χ2v) is 9.09. The molecular formula is C21H17ClF2N2O3S. The van der Waals surface area contributed by atoms with Crippen molar-refractivity contribution in [2.24, 2.45) is 0 Å². The summed E-state index contributed by atoms with van der Waals surface area (Å²) >= 11 is 6.14. The van der Waals surface area contributed by atoms with Crippen molar-refractivity contribution in [1.82, 2.24) is 4.31 Å². The Morgan fingerprint density at radius 1 is 0.933 bits per heavy atom. The molecule has 3 aromatic rings. The van der Waals surface area contributed by atoms with Gasteiger partial charge in [-0.15, -0.1) is 4.31 Å². The number of rotatable bonds is 4. The Labute approximate surface area is 177 Å². The highest BCUT2D eigenvalue weighted by molar-refractivity contribution is 7.89. The average Bonchev–Trinajstić information content (AvgIpc) is 2.72. The smallest absolute Gasteiger partial charge is 0.249 e. The first-order valence-electron chi connectivity index (χ1n) is 9.02. The van der Waals surface area contributed by atoms with E-state index in [2.05, 4.69) is 0 Å². The lowest BCUT2D eigenvalue weighted by Crippen LogP contribution is -2.54. The minimum Gasteiger partial charge on any atom is -0.360 e. The van der Waals surface area contributed by atoms with Crippen LogP contribution in [-0.4, -0.2) is 24.2 Å². The van der Waals surface area contributed by atoms with Crippen molar-refractivity contribution in [3.63, 3.8) is 0 Å². The number of para-hydroxylation sites is 1. The third-order valence-electron chi connectivity index (χ3n) is 4.94. The monoisotopic (exact) mass is 450 g/mol. The Morgan fingerprint density at radius 3 is 2.33 bits per heavy atom. The molecule has 0 aliphatic carbocycles. The molecule has 0 saturated heterocycles. The Bertz CT molecular complexity index is 1170. The average molecular weight is 451 g/mol. The maximum absolute atomic E-state index is 14.4. The van der Waals surface area contributed by atoms with Gasteiger partial charge in [0.1, 0.15) is 16.5 Å². The summed E-state index contributed by atoms with van der Waals surface area (Å²) in [5, 5.41) is 11.2. The van der Waals surface area contributed by atoms with E-state index < -0.39 is 28.0 Å². The van der Waals surface area contributed by atoms with E-state index in [1.165, 1.54) is 53.4 Å². The van der Waals surface area contributed by atoms with Crippen LogP contribution in [0.4, 0.5) is 14.5 Å². The van der Waals surface area contributed by atoms with E-state index in [-0.39, 0.29) is 34.3 Å². The molecule has 1 N–H and O–H groups in total. The SMILES string of the molecule is O=S1(=O)c2ccccc2N(Cc2c(F)cccc2Cl)C(O)N1Cc1ccc(F)cc1. The Hall–Kier alpha value is -2.52. The molecule has 1 unspecified atom stereocenters. The zero-order valence-electron chi connectivity index (χ0n) is 15.5. The van der Waals surface area contributed by atoms with Crippen LogP contribution in [0, 0.1) is 11.6 Å². The van der Waals surface area contributed by atoms with Crippen LogP contribution in [0.25, 0.3) is 0 Å². The molecule has 0 saturated carbocycles.